The molecule has 0 saturated carbocycles. The number of nitrogens with zero attached hydrogens (tertiary/aromatic N) is 2. The Kier molecular flexibility index (Phi) is 7.17. The monoisotopic (exact) mass is 445 g/mol. The summed E-state index contributed by atoms with van der Waals surface area (Å²) in [6.45, 7) is 13.9. The van der Waals surface area contributed by atoms with Crippen LogP contribution >= 0.6 is 0 Å². The topological polar surface area (TPSA) is 65.4 Å². The maximum absolute atomic E-state index is 12.9. The zero-order valence-corrected chi connectivity index (χ0v) is 20.9. The summed E-state index contributed by atoms with van der Waals surface area (Å²) in [6, 6.07) is 12.0. The summed E-state index contributed by atoms with van der Waals surface area (Å²) < 4.78 is 5.70. The second-order valence-corrected chi connectivity index (χ2v) is 9.66. The van der Waals surface area contributed by atoms with E-state index in [0.29, 0.717) is 17.4 Å². The predicted molar refractivity (Wildman–Crippen MR) is 136 cm³/mol. The number of benzene rings is 2. The number of methoxy groups -OCH3 is 1. The number of carbonyl (C=O) groups is 1. The number of carbonyl (C=O) groups excluding carboxylic acids is 1. The number of amides is 1. The fraction of sp³-hybridized carbons (Fsp3) is 0.429. The number of fused-ring (bicyclic) bond motifs is 1. The molecular weight excluding hydrogens is 410 g/mol. The third-order valence-corrected chi connectivity index (χ3v) is 6.48. The average Bonchev–Trinajstić information content (AvgIpc) is 2.76. The molecule has 1 N–H and O–H groups in total. The quantitative estimate of drug-likeness (QED) is 0.415. The van der Waals surface area contributed by atoms with Crippen molar-refractivity contribution in [2.75, 3.05) is 23.9 Å². The molecule has 0 bridgehead atoms. The van der Waals surface area contributed by atoms with Crippen LogP contribution in [0.15, 0.2) is 35.9 Å². The van der Waals surface area contributed by atoms with Crippen LogP contribution in [0.3, 0.4) is 0 Å². The van der Waals surface area contributed by atoms with Crippen molar-refractivity contribution in [3.8, 4) is 11.8 Å². The summed E-state index contributed by atoms with van der Waals surface area (Å²) in [5.74, 6) is 0.591. The SMILES string of the molecule is CCCN1c2cc(OC)c(/C=C(\C#N)C(=O)Nc3ccc(C)cc3C)cc2C(C)CC1(C)C. The highest BCUT2D eigenvalue weighted by atomic mass is 16.5. The highest BCUT2D eigenvalue weighted by Crippen LogP contribution is 2.46. The number of anilines is 2. The van der Waals surface area contributed by atoms with Crippen LogP contribution in [0, 0.1) is 25.2 Å². The highest BCUT2D eigenvalue weighted by molar-refractivity contribution is 6.10. The molecular formula is C28H35N3O2. The molecule has 0 saturated heterocycles. The van der Waals surface area contributed by atoms with E-state index < -0.39 is 5.91 Å². The van der Waals surface area contributed by atoms with Gasteiger partial charge in [0, 0.05) is 35.1 Å². The van der Waals surface area contributed by atoms with Gasteiger partial charge in [-0.1, -0.05) is 31.5 Å². The lowest BCUT2D eigenvalue weighted by molar-refractivity contribution is -0.112. The van der Waals surface area contributed by atoms with Gasteiger partial charge in [0.15, 0.2) is 0 Å². The number of hydrogen-bond donors (Lipinski definition) is 1. The van der Waals surface area contributed by atoms with Gasteiger partial charge in [0.25, 0.3) is 5.91 Å². The van der Waals surface area contributed by atoms with Crippen LogP contribution in [-0.2, 0) is 4.79 Å². The van der Waals surface area contributed by atoms with Crippen molar-refractivity contribution in [2.24, 2.45) is 0 Å². The Labute approximate surface area is 198 Å². The molecule has 3 rings (SSSR count). The zero-order valence-electron chi connectivity index (χ0n) is 20.9. The molecule has 1 aliphatic heterocycles. The van der Waals surface area contributed by atoms with Crippen LogP contribution in [0.25, 0.3) is 6.08 Å². The number of hydrogen-bond acceptors (Lipinski definition) is 4. The number of aryl methyl sites for hydroxylation is 2. The Morgan fingerprint density at radius 2 is 2.03 bits per heavy atom. The number of nitriles is 1. The number of rotatable bonds is 6. The van der Waals surface area contributed by atoms with E-state index in [-0.39, 0.29) is 11.1 Å². The summed E-state index contributed by atoms with van der Waals surface area (Å²) >= 11 is 0. The van der Waals surface area contributed by atoms with Gasteiger partial charge in [-0.25, -0.2) is 0 Å². The van der Waals surface area contributed by atoms with Crippen molar-refractivity contribution < 1.29 is 9.53 Å². The van der Waals surface area contributed by atoms with Crippen molar-refractivity contribution >= 4 is 23.4 Å². The normalized spacial score (nSPS) is 17.2. The van der Waals surface area contributed by atoms with Crippen LogP contribution in [-0.4, -0.2) is 25.1 Å². The van der Waals surface area contributed by atoms with Gasteiger partial charge in [-0.15, -0.1) is 0 Å². The van der Waals surface area contributed by atoms with Gasteiger partial charge < -0.3 is 15.0 Å². The predicted octanol–water partition coefficient (Wildman–Crippen LogP) is 6.36. The van der Waals surface area contributed by atoms with Crippen LogP contribution < -0.4 is 15.0 Å². The lowest BCUT2D eigenvalue weighted by Crippen LogP contribution is -2.48. The van der Waals surface area contributed by atoms with Gasteiger partial charge in [0.1, 0.15) is 17.4 Å². The highest BCUT2D eigenvalue weighted by Gasteiger charge is 2.36. The van der Waals surface area contributed by atoms with E-state index in [9.17, 15) is 10.1 Å². The van der Waals surface area contributed by atoms with E-state index in [1.54, 1.807) is 13.2 Å². The fourth-order valence-corrected chi connectivity index (χ4v) is 4.91. The van der Waals surface area contributed by atoms with E-state index in [2.05, 4.69) is 56.1 Å². The first-order chi connectivity index (χ1) is 15.6. The Hall–Kier alpha value is -3.26. The minimum atomic E-state index is -0.425. The van der Waals surface area contributed by atoms with Gasteiger partial charge in [-0.2, -0.15) is 5.26 Å². The second kappa shape index (κ2) is 9.70. The molecule has 5 nitrogen and oxygen atoms in total. The Bertz CT molecular complexity index is 1120. The van der Waals surface area contributed by atoms with Crippen LogP contribution in [0.2, 0.25) is 0 Å². The first-order valence-electron chi connectivity index (χ1n) is 11.6. The van der Waals surface area contributed by atoms with E-state index in [1.165, 1.54) is 11.3 Å². The minimum absolute atomic E-state index is 0.0439. The molecule has 0 fully saturated rings. The second-order valence-electron chi connectivity index (χ2n) is 9.66. The van der Waals surface area contributed by atoms with Crippen molar-refractivity contribution in [3.05, 3.63) is 58.2 Å². The molecule has 1 atom stereocenters. The minimum Gasteiger partial charge on any atom is -0.496 e. The average molecular weight is 446 g/mol. The molecule has 0 spiro atoms. The van der Waals surface area contributed by atoms with Crippen molar-refractivity contribution in [3.63, 3.8) is 0 Å². The largest absolute Gasteiger partial charge is 0.496 e. The Balaban J connectivity index is 2.02. The summed E-state index contributed by atoms with van der Waals surface area (Å²) in [7, 11) is 1.63. The molecule has 2 aromatic rings. The summed E-state index contributed by atoms with van der Waals surface area (Å²) in [6.07, 6.45) is 3.72. The lowest BCUT2D eigenvalue weighted by atomic mass is 9.79. The molecule has 0 aromatic heterocycles. The summed E-state index contributed by atoms with van der Waals surface area (Å²) in [5.41, 5.74) is 6.02. The van der Waals surface area contributed by atoms with Crippen molar-refractivity contribution in [1.82, 2.24) is 0 Å². The summed E-state index contributed by atoms with van der Waals surface area (Å²) in [5, 5.41) is 12.6. The molecule has 174 valence electrons. The standard InChI is InChI=1S/C28H35N3O2/c1-8-11-31-25-15-26(33-7)21(14-23(25)20(4)16-28(31,5)6)13-22(17-29)27(32)30-24-10-9-18(2)12-19(24)3/h9-10,12-15,20H,8,11,16H2,1-7H3,(H,30,32)/b22-13+. The number of ether oxygens (including phenoxy) is 1. The lowest BCUT2D eigenvalue weighted by Gasteiger charge is -2.47. The van der Waals surface area contributed by atoms with Gasteiger partial charge in [-0.3, -0.25) is 4.79 Å². The Morgan fingerprint density at radius 1 is 1.30 bits per heavy atom. The first-order valence-corrected chi connectivity index (χ1v) is 11.6. The van der Waals surface area contributed by atoms with Crippen LogP contribution in [0.1, 0.15) is 68.7 Å². The van der Waals surface area contributed by atoms with E-state index in [1.807, 2.05) is 32.0 Å². The van der Waals surface area contributed by atoms with Crippen molar-refractivity contribution in [1.29, 1.82) is 5.26 Å². The maximum Gasteiger partial charge on any atom is 0.266 e. The number of nitrogens with one attached hydrogen (secondary N) is 1. The van der Waals surface area contributed by atoms with Gasteiger partial charge in [0.05, 0.1) is 7.11 Å². The van der Waals surface area contributed by atoms with E-state index in [0.717, 1.165) is 36.1 Å². The van der Waals surface area contributed by atoms with Gasteiger partial charge >= 0.3 is 0 Å². The fourth-order valence-electron chi connectivity index (χ4n) is 4.91. The van der Waals surface area contributed by atoms with E-state index in [4.69, 9.17) is 4.74 Å². The molecule has 1 heterocycles. The third-order valence-electron chi connectivity index (χ3n) is 6.48. The van der Waals surface area contributed by atoms with Gasteiger partial charge in [0.2, 0.25) is 0 Å². The zero-order chi connectivity index (χ0) is 24.3. The Morgan fingerprint density at radius 3 is 2.64 bits per heavy atom. The molecule has 2 aromatic carbocycles. The molecule has 1 amide bonds. The third kappa shape index (κ3) is 5.06. The summed E-state index contributed by atoms with van der Waals surface area (Å²) in [4.78, 5) is 15.4. The molecule has 5 heteroatoms. The maximum atomic E-state index is 12.9. The van der Waals surface area contributed by atoms with Gasteiger partial charge in [-0.05, 0) is 75.8 Å². The smallest absolute Gasteiger partial charge is 0.266 e. The van der Waals surface area contributed by atoms with Crippen molar-refractivity contribution in [2.45, 2.75) is 65.8 Å². The molecule has 33 heavy (non-hydrogen) atoms. The molecule has 1 aliphatic rings. The molecule has 0 radical (unpaired) electrons. The van der Waals surface area contributed by atoms with Crippen LogP contribution in [0.4, 0.5) is 11.4 Å². The molecule has 1 unspecified atom stereocenters. The van der Waals surface area contributed by atoms with Crippen LogP contribution in [0.5, 0.6) is 5.75 Å². The first kappa shape index (κ1) is 24.4. The van der Waals surface area contributed by atoms with E-state index >= 15 is 0 Å². The molecule has 0 aliphatic carbocycles.